The van der Waals surface area contributed by atoms with Gasteiger partial charge in [0, 0.05) is 25.4 Å². The van der Waals surface area contributed by atoms with Gasteiger partial charge in [0.25, 0.3) is 0 Å². The number of para-hydroxylation sites is 1. The molecule has 23 heavy (non-hydrogen) atoms. The summed E-state index contributed by atoms with van der Waals surface area (Å²) in [7, 11) is 0. The molecule has 4 nitrogen and oxygen atoms in total. The third-order valence-electron chi connectivity index (χ3n) is 3.05. The van der Waals surface area contributed by atoms with Crippen LogP contribution in [0.4, 0.5) is 5.69 Å². The fourth-order valence-electron chi connectivity index (χ4n) is 1.93. The molecule has 5 heteroatoms. The van der Waals surface area contributed by atoms with Crippen molar-refractivity contribution in [3.63, 3.8) is 0 Å². The molecule has 0 saturated carbocycles. The molecular weight excluding hydrogens is 308 g/mol. The standard InChI is InChI=1S/C18H22N2O2S/c1-2-21-14-6-13-19-18(23)20-15-9-11-17(12-10-15)22-16-7-4-3-5-8-16/h3-5,7-12H,2,6,13-14H2,1H3,(H2,19,20,23). The van der Waals surface area contributed by atoms with E-state index in [4.69, 9.17) is 21.7 Å². The lowest BCUT2D eigenvalue weighted by Crippen LogP contribution is -2.29. The first-order valence-electron chi connectivity index (χ1n) is 7.73. The Kier molecular flexibility index (Phi) is 7.36. The highest BCUT2D eigenvalue weighted by Crippen LogP contribution is 2.22. The van der Waals surface area contributed by atoms with E-state index in [9.17, 15) is 0 Å². The van der Waals surface area contributed by atoms with E-state index in [0.717, 1.165) is 43.4 Å². The van der Waals surface area contributed by atoms with Gasteiger partial charge in [-0.05, 0) is 62.0 Å². The quantitative estimate of drug-likeness (QED) is 0.561. The number of anilines is 1. The molecule has 0 heterocycles. The first-order valence-corrected chi connectivity index (χ1v) is 8.14. The molecule has 0 amide bonds. The van der Waals surface area contributed by atoms with Crippen molar-refractivity contribution in [2.45, 2.75) is 13.3 Å². The van der Waals surface area contributed by atoms with Gasteiger partial charge in [0.05, 0.1) is 0 Å². The number of rotatable bonds is 8. The first-order chi connectivity index (χ1) is 11.3. The van der Waals surface area contributed by atoms with Crippen molar-refractivity contribution in [2.75, 3.05) is 25.1 Å². The number of hydrogen-bond donors (Lipinski definition) is 2. The lowest BCUT2D eigenvalue weighted by molar-refractivity contribution is 0.146. The molecule has 122 valence electrons. The highest BCUT2D eigenvalue weighted by molar-refractivity contribution is 7.80. The third kappa shape index (κ3) is 6.67. The summed E-state index contributed by atoms with van der Waals surface area (Å²) < 4.78 is 11.0. The van der Waals surface area contributed by atoms with Gasteiger partial charge in [0.15, 0.2) is 5.11 Å². The Balaban J connectivity index is 1.75. The van der Waals surface area contributed by atoms with Gasteiger partial charge in [-0.2, -0.15) is 0 Å². The van der Waals surface area contributed by atoms with Gasteiger partial charge in [-0.25, -0.2) is 0 Å². The molecule has 0 unspecified atom stereocenters. The van der Waals surface area contributed by atoms with Crippen molar-refractivity contribution in [2.24, 2.45) is 0 Å². The van der Waals surface area contributed by atoms with Gasteiger partial charge in [0.2, 0.25) is 0 Å². The highest BCUT2D eigenvalue weighted by atomic mass is 32.1. The molecule has 0 aromatic heterocycles. The van der Waals surface area contributed by atoms with Gasteiger partial charge >= 0.3 is 0 Å². The second-order valence-corrected chi connectivity index (χ2v) is 5.28. The summed E-state index contributed by atoms with van der Waals surface area (Å²) in [6, 6.07) is 17.4. The number of hydrogen-bond acceptors (Lipinski definition) is 3. The van der Waals surface area contributed by atoms with E-state index in [1.54, 1.807) is 0 Å². The minimum absolute atomic E-state index is 0.609. The van der Waals surface area contributed by atoms with E-state index in [2.05, 4.69) is 10.6 Å². The van der Waals surface area contributed by atoms with Crippen molar-refractivity contribution in [3.8, 4) is 11.5 Å². The molecule has 2 aromatic rings. The number of ether oxygens (including phenoxy) is 2. The van der Waals surface area contributed by atoms with Gasteiger partial charge in [-0.1, -0.05) is 18.2 Å². The fraction of sp³-hybridized carbons (Fsp3) is 0.278. The van der Waals surface area contributed by atoms with Crippen LogP contribution in [0.5, 0.6) is 11.5 Å². The van der Waals surface area contributed by atoms with Crippen LogP contribution in [0.1, 0.15) is 13.3 Å². The molecule has 0 aliphatic carbocycles. The van der Waals surface area contributed by atoms with Crippen LogP contribution in [-0.2, 0) is 4.74 Å². The zero-order chi connectivity index (χ0) is 16.3. The summed E-state index contributed by atoms with van der Waals surface area (Å²) >= 11 is 5.26. The fourth-order valence-corrected chi connectivity index (χ4v) is 2.15. The van der Waals surface area contributed by atoms with E-state index in [0.29, 0.717) is 5.11 Å². The van der Waals surface area contributed by atoms with E-state index >= 15 is 0 Å². The predicted octanol–water partition coefficient (Wildman–Crippen LogP) is 4.19. The van der Waals surface area contributed by atoms with E-state index in [1.165, 1.54) is 0 Å². The zero-order valence-electron chi connectivity index (χ0n) is 13.2. The number of thiocarbonyl (C=S) groups is 1. The Bertz CT molecular complexity index is 588. The first kappa shape index (κ1) is 17.2. The van der Waals surface area contributed by atoms with Gasteiger partial charge in [-0.3, -0.25) is 0 Å². The zero-order valence-corrected chi connectivity index (χ0v) is 14.1. The van der Waals surface area contributed by atoms with Crippen LogP contribution in [0.25, 0.3) is 0 Å². The number of benzene rings is 2. The third-order valence-corrected chi connectivity index (χ3v) is 3.29. The van der Waals surface area contributed by atoms with Crippen molar-refractivity contribution in [1.29, 1.82) is 0 Å². The van der Waals surface area contributed by atoms with Crippen LogP contribution >= 0.6 is 12.2 Å². The summed E-state index contributed by atoms with van der Waals surface area (Å²) in [5.41, 5.74) is 0.924. The predicted molar refractivity (Wildman–Crippen MR) is 98.3 cm³/mol. The maximum atomic E-state index is 5.75. The molecular formula is C18H22N2O2S. The summed E-state index contributed by atoms with van der Waals surface area (Å²) in [6.45, 7) is 4.28. The molecule has 0 fully saturated rings. The lowest BCUT2D eigenvalue weighted by Gasteiger charge is -2.11. The Morgan fingerprint density at radius 3 is 2.39 bits per heavy atom. The van der Waals surface area contributed by atoms with Crippen molar-refractivity contribution >= 4 is 23.0 Å². The molecule has 0 saturated heterocycles. The van der Waals surface area contributed by atoms with Crippen molar-refractivity contribution in [3.05, 3.63) is 54.6 Å². The molecule has 2 aromatic carbocycles. The molecule has 2 N–H and O–H groups in total. The van der Waals surface area contributed by atoms with Crippen molar-refractivity contribution < 1.29 is 9.47 Å². The van der Waals surface area contributed by atoms with Gasteiger partial charge < -0.3 is 20.1 Å². The molecule has 0 radical (unpaired) electrons. The smallest absolute Gasteiger partial charge is 0.170 e. The van der Waals surface area contributed by atoms with Crippen LogP contribution in [0.2, 0.25) is 0 Å². The highest BCUT2D eigenvalue weighted by Gasteiger charge is 2.00. The van der Waals surface area contributed by atoms with Crippen LogP contribution in [0.3, 0.4) is 0 Å². The van der Waals surface area contributed by atoms with E-state index in [1.807, 2.05) is 61.5 Å². The van der Waals surface area contributed by atoms with Gasteiger partial charge in [-0.15, -0.1) is 0 Å². The monoisotopic (exact) mass is 330 g/mol. The van der Waals surface area contributed by atoms with Crippen LogP contribution in [0.15, 0.2) is 54.6 Å². The summed E-state index contributed by atoms with van der Waals surface area (Å²) in [4.78, 5) is 0. The van der Waals surface area contributed by atoms with Crippen LogP contribution < -0.4 is 15.4 Å². The molecule has 0 aliphatic heterocycles. The number of nitrogens with one attached hydrogen (secondary N) is 2. The Morgan fingerprint density at radius 1 is 1.00 bits per heavy atom. The molecule has 0 bridgehead atoms. The minimum atomic E-state index is 0.609. The molecule has 0 spiro atoms. The SMILES string of the molecule is CCOCCCNC(=S)Nc1ccc(Oc2ccccc2)cc1. The van der Waals surface area contributed by atoms with E-state index < -0.39 is 0 Å². The minimum Gasteiger partial charge on any atom is -0.457 e. The Hall–Kier alpha value is -2.11. The largest absolute Gasteiger partial charge is 0.457 e. The second-order valence-electron chi connectivity index (χ2n) is 4.87. The summed E-state index contributed by atoms with van der Waals surface area (Å²) in [5, 5.41) is 6.91. The summed E-state index contributed by atoms with van der Waals surface area (Å²) in [5.74, 6) is 1.61. The van der Waals surface area contributed by atoms with E-state index in [-0.39, 0.29) is 0 Å². The van der Waals surface area contributed by atoms with Crippen LogP contribution in [0, 0.1) is 0 Å². The normalized spacial score (nSPS) is 10.1. The Morgan fingerprint density at radius 2 is 1.70 bits per heavy atom. The maximum absolute atomic E-state index is 5.75. The second kappa shape index (κ2) is 9.82. The molecule has 2 rings (SSSR count). The summed E-state index contributed by atoms with van der Waals surface area (Å²) in [6.07, 6.45) is 0.930. The van der Waals surface area contributed by atoms with Crippen LogP contribution in [-0.4, -0.2) is 24.9 Å². The van der Waals surface area contributed by atoms with Gasteiger partial charge in [0.1, 0.15) is 11.5 Å². The molecule has 0 atom stereocenters. The molecule has 0 aliphatic rings. The topological polar surface area (TPSA) is 42.5 Å². The lowest BCUT2D eigenvalue weighted by atomic mass is 10.3. The average Bonchev–Trinajstić information content (AvgIpc) is 2.57. The average molecular weight is 330 g/mol. The maximum Gasteiger partial charge on any atom is 0.170 e. The van der Waals surface area contributed by atoms with Crippen molar-refractivity contribution in [1.82, 2.24) is 5.32 Å². The Labute approximate surface area is 142 Å².